The maximum absolute atomic E-state index is 12.7. The van der Waals surface area contributed by atoms with Gasteiger partial charge in [-0.15, -0.1) is 0 Å². The maximum Gasteiger partial charge on any atom is 0.326 e. The van der Waals surface area contributed by atoms with Crippen molar-refractivity contribution in [2.24, 2.45) is 0 Å². The molecule has 1 N–H and O–H groups in total. The van der Waals surface area contributed by atoms with E-state index >= 15 is 0 Å². The highest BCUT2D eigenvalue weighted by Gasteiger charge is 2.34. The Morgan fingerprint density at radius 1 is 1.17 bits per heavy atom. The first-order valence-corrected chi connectivity index (χ1v) is 7.80. The Hall–Kier alpha value is -2.82. The summed E-state index contributed by atoms with van der Waals surface area (Å²) >= 11 is 0. The molecule has 1 aliphatic rings. The highest BCUT2D eigenvalue weighted by molar-refractivity contribution is 5.85. The molecule has 1 atom stereocenters. The van der Waals surface area contributed by atoms with Crippen molar-refractivity contribution in [3.8, 4) is 5.75 Å². The lowest BCUT2D eigenvalue weighted by Gasteiger charge is -2.34. The molecule has 1 aliphatic heterocycles. The van der Waals surface area contributed by atoms with Gasteiger partial charge in [-0.25, -0.2) is 4.79 Å². The fourth-order valence-corrected chi connectivity index (χ4v) is 3.06. The third-order valence-electron chi connectivity index (χ3n) is 4.34. The number of fused-ring (bicyclic) bond motifs is 1. The van der Waals surface area contributed by atoms with Gasteiger partial charge >= 0.3 is 5.97 Å². The number of rotatable bonds is 4. The summed E-state index contributed by atoms with van der Waals surface area (Å²) in [6.07, 6.45) is 0.499. The lowest BCUT2D eigenvalue weighted by molar-refractivity contribution is -0.151. The molecule has 3 rings (SSSR count). The van der Waals surface area contributed by atoms with Gasteiger partial charge in [0.1, 0.15) is 11.8 Å². The number of carbonyl (C=O) groups is 2. The first kappa shape index (κ1) is 16.1. The van der Waals surface area contributed by atoms with Crippen LogP contribution in [-0.2, 0) is 29.0 Å². The summed E-state index contributed by atoms with van der Waals surface area (Å²) in [4.78, 5) is 25.8. The van der Waals surface area contributed by atoms with E-state index in [4.69, 9.17) is 4.74 Å². The van der Waals surface area contributed by atoms with Gasteiger partial charge in [-0.1, -0.05) is 36.4 Å². The van der Waals surface area contributed by atoms with Crippen molar-refractivity contribution in [2.45, 2.75) is 25.4 Å². The molecule has 1 amide bonds. The molecule has 0 radical (unpaired) electrons. The number of carboxylic acid groups (broad SMARTS) is 1. The van der Waals surface area contributed by atoms with Gasteiger partial charge in [0.25, 0.3) is 0 Å². The highest BCUT2D eigenvalue weighted by Crippen LogP contribution is 2.24. The molecular weight excluding hydrogens is 306 g/mol. The number of ether oxygens (including phenoxy) is 1. The molecule has 5 nitrogen and oxygen atoms in total. The number of carbonyl (C=O) groups excluding carboxylic acids is 1. The van der Waals surface area contributed by atoms with Gasteiger partial charge in [-0.2, -0.15) is 0 Å². The van der Waals surface area contributed by atoms with Crippen LogP contribution in [0, 0.1) is 0 Å². The molecule has 124 valence electrons. The minimum Gasteiger partial charge on any atom is -0.497 e. The van der Waals surface area contributed by atoms with Crippen LogP contribution in [0.4, 0.5) is 0 Å². The van der Waals surface area contributed by atoms with Gasteiger partial charge in [0, 0.05) is 13.0 Å². The minimum absolute atomic E-state index is 0.156. The van der Waals surface area contributed by atoms with Crippen LogP contribution in [0.3, 0.4) is 0 Å². The average molecular weight is 325 g/mol. The van der Waals surface area contributed by atoms with Crippen LogP contribution in [0.25, 0.3) is 0 Å². The van der Waals surface area contributed by atoms with Crippen LogP contribution >= 0.6 is 0 Å². The van der Waals surface area contributed by atoms with E-state index in [1.165, 1.54) is 4.90 Å². The van der Waals surface area contributed by atoms with E-state index in [-0.39, 0.29) is 12.3 Å². The zero-order valence-corrected chi connectivity index (χ0v) is 13.4. The van der Waals surface area contributed by atoms with E-state index in [9.17, 15) is 14.7 Å². The topological polar surface area (TPSA) is 66.8 Å². The summed E-state index contributed by atoms with van der Waals surface area (Å²) in [7, 11) is 1.57. The van der Waals surface area contributed by atoms with Crippen LogP contribution in [0.15, 0.2) is 48.5 Å². The van der Waals surface area contributed by atoms with Crippen LogP contribution < -0.4 is 4.74 Å². The zero-order valence-electron chi connectivity index (χ0n) is 13.4. The monoisotopic (exact) mass is 325 g/mol. The Balaban J connectivity index is 1.83. The Kier molecular flexibility index (Phi) is 4.51. The molecule has 0 aliphatic carbocycles. The lowest BCUT2D eigenvalue weighted by Crippen LogP contribution is -2.49. The predicted octanol–water partition coefficient (Wildman–Crippen LogP) is 2.28. The van der Waals surface area contributed by atoms with Gasteiger partial charge in [0.15, 0.2) is 0 Å². The van der Waals surface area contributed by atoms with Crippen molar-refractivity contribution >= 4 is 11.9 Å². The minimum atomic E-state index is -0.969. The van der Waals surface area contributed by atoms with Gasteiger partial charge in [0.2, 0.25) is 5.91 Å². The van der Waals surface area contributed by atoms with Gasteiger partial charge in [-0.05, 0) is 28.8 Å². The fraction of sp³-hybridized carbons (Fsp3) is 0.263. The summed E-state index contributed by atoms with van der Waals surface area (Å²) in [6, 6.07) is 14.1. The summed E-state index contributed by atoms with van der Waals surface area (Å²) in [5.41, 5.74) is 2.81. The summed E-state index contributed by atoms with van der Waals surface area (Å²) in [5.74, 6) is -0.479. The molecular formula is C19H19NO4. The van der Waals surface area contributed by atoms with E-state index in [1.54, 1.807) is 13.2 Å². The zero-order chi connectivity index (χ0) is 17.1. The maximum atomic E-state index is 12.7. The number of amides is 1. The Morgan fingerprint density at radius 3 is 2.62 bits per heavy atom. The molecule has 0 saturated heterocycles. The molecule has 0 fully saturated rings. The second-order valence-corrected chi connectivity index (χ2v) is 5.88. The molecule has 24 heavy (non-hydrogen) atoms. The van der Waals surface area contributed by atoms with Crippen molar-refractivity contribution in [3.63, 3.8) is 0 Å². The number of aliphatic carboxylic acids is 1. The van der Waals surface area contributed by atoms with E-state index in [2.05, 4.69) is 0 Å². The van der Waals surface area contributed by atoms with Crippen molar-refractivity contribution in [1.82, 2.24) is 4.90 Å². The highest BCUT2D eigenvalue weighted by atomic mass is 16.5. The van der Waals surface area contributed by atoms with E-state index in [1.807, 2.05) is 42.5 Å². The molecule has 2 aromatic carbocycles. The number of benzene rings is 2. The molecule has 1 heterocycles. The standard InChI is InChI=1S/C19H19NO4/c1-24-16-8-4-5-13(9-16)10-18(21)20-12-15-7-3-2-6-14(15)11-17(20)19(22)23/h2-9,17H,10-12H2,1H3,(H,22,23)/t17-/m0/s1. The first-order valence-electron chi connectivity index (χ1n) is 7.80. The molecule has 0 unspecified atom stereocenters. The number of methoxy groups -OCH3 is 1. The largest absolute Gasteiger partial charge is 0.497 e. The van der Waals surface area contributed by atoms with Gasteiger partial charge in [0.05, 0.1) is 13.5 Å². The third kappa shape index (κ3) is 3.25. The summed E-state index contributed by atoms with van der Waals surface area (Å²) in [5, 5.41) is 9.52. The first-order chi connectivity index (χ1) is 11.6. The van der Waals surface area contributed by atoms with Gasteiger partial charge in [-0.3, -0.25) is 4.79 Å². The van der Waals surface area contributed by atoms with Gasteiger partial charge < -0.3 is 14.7 Å². The van der Waals surface area contributed by atoms with Crippen molar-refractivity contribution in [2.75, 3.05) is 7.11 Å². The summed E-state index contributed by atoms with van der Waals surface area (Å²) < 4.78 is 5.17. The van der Waals surface area contributed by atoms with Crippen LogP contribution in [-0.4, -0.2) is 35.0 Å². The molecule has 5 heteroatoms. The van der Waals surface area contributed by atoms with Crippen LogP contribution in [0.1, 0.15) is 16.7 Å². The quantitative estimate of drug-likeness (QED) is 0.936. The smallest absolute Gasteiger partial charge is 0.326 e. The number of hydrogen-bond donors (Lipinski definition) is 1. The van der Waals surface area contributed by atoms with Crippen molar-refractivity contribution in [3.05, 3.63) is 65.2 Å². The van der Waals surface area contributed by atoms with Crippen molar-refractivity contribution in [1.29, 1.82) is 0 Å². The van der Waals surface area contributed by atoms with E-state index in [0.29, 0.717) is 18.7 Å². The Labute approximate surface area is 140 Å². The van der Waals surface area contributed by atoms with Crippen LogP contribution in [0.2, 0.25) is 0 Å². The molecule has 0 aromatic heterocycles. The SMILES string of the molecule is COc1cccc(CC(=O)N2Cc3ccccc3C[C@H]2C(=O)O)c1. The predicted molar refractivity (Wildman–Crippen MR) is 88.8 cm³/mol. The van der Waals surface area contributed by atoms with Crippen molar-refractivity contribution < 1.29 is 19.4 Å². The van der Waals surface area contributed by atoms with Crippen LogP contribution in [0.5, 0.6) is 5.75 Å². The molecule has 2 aromatic rings. The second kappa shape index (κ2) is 6.74. The molecule has 0 bridgehead atoms. The number of carboxylic acids is 1. The third-order valence-corrected chi connectivity index (χ3v) is 4.34. The summed E-state index contributed by atoms with van der Waals surface area (Å²) in [6.45, 7) is 0.329. The number of hydrogen-bond acceptors (Lipinski definition) is 3. The molecule has 0 spiro atoms. The normalized spacial score (nSPS) is 16.4. The molecule has 0 saturated carbocycles. The van der Waals surface area contributed by atoms with E-state index < -0.39 is 12.0 Å². The Bertz CT molecular complexity index is 771. The average Bonchev–Trinajstić information content (AvgIpc) is 2.60. The van der Waals surface area contributed by atoms with E-state index in [0.717, 1.165) is 16.7 Å². The number of nitrogens with zero attached hydrogens (tertiary/aromatic N) is 1. The lowest BCUT2D eigenvalue weighted by atomic mass is 9.93. The Morgan fingerprint density at radius 2 is 1.92 bits per heavy atom. The second-order valence-electron chi connectivity index (χ2n) is 5.88. The fourth-order valence-electron chi connectivity index (χ4n) is 3.06.